The Morgan fingerprint density at radius 3 is 1.44 bits per heavy atom. The number of nitrogens with zero attached hydrogens (tertiary/aromatic N) is 4. The van der Waals surface area contributed by atoms with E-state index in [0.717, 1.165) is 79.4 Å². The Hall–Kier alpha value is -6.60. The monoisotopic (exact) mass is 942 g/mol. The van der Waals surface area contributed by atoms with Crippen LogP contribution >= 0.6 is 24.8 Å². The molecule has 20 heteroatoms. The van der Waals surface area contributed by atoms with Gasteiger partial charge in [-0.15, -0.1) is 24.8 Å². The standard InChI is InChI=1S/2C23H25N5O4.2ClH/c2*1-12-10-30-11-19(12)32-23(29)28-20-7-15-5-14(6-18(24)17(15)9-26-20)16-8-27-22-21(13(16)2)25-3-4-31-22;;/h2*5-9,12,19,25H,3-4,10-11,24H2,1-2H3,(H,26,28,29);2*1H/t2*12-,19-;;/m10../s1. The Balaban J connectivity index is 0.000000191. The number of nitrogen functional groups attached to an aromatic ring is 2. The smallest absolute Gasteiger partial charge is 0.413 e. The normalized spacial score (nSPS) is 19.1. The number of halogens is 2. The van der Waals surface area contributed by atoms with Crippen LogP contribution in [0.4, 0.5) is 44.0 Å². The average Bonchev–Trinajstić information content (AvgIpc) is 3.89. The number of aromatic nitrogens is 4. The highest BCUT2D eigenvalue weighted by atomic mass is 35.5. The molecular weight excluding hydrogens is 891 g/mol. The van der Waals surface area contributed by atoms with E-state index >= 15 is 0 Å². The van der Waals surface area contributed by atoms with Gasteiger partial charge in [-0.2, -0.15) is 0 Å². The molecule has 18 nitrogen and oxygen atoms in total. The van der Waals surface area contributed by atoms with Crippen molar-refractivity contribution >= 4 is 92.9 Å². The lowest BCUT2D eigenvalue weighted by Crippen LogP contribution is -2.27. The average molecular weight is 944 g/mol. The molecule has 2 fully saturated rings. The quantitative estimate of drug-likeness (QED) is 0.0867. The van der Waals surface area contributed by atoms with Crippen LogP contribution in [-0.2, 0) is 18.9 Å². The molecule has 66 heavy (non-hydrogen) atoms. The zero-order valence-electron chi connectivity index (χ0n) is 36.8. The van der Waals surface area contributed by atoms with Crippen LogP contribution in [0.25, 0.3) is 43.8 Å². The fraction of sp³-hybridized carbons (Fsp3) is 0.348. The van der Waals surface area contributed by atoms with E-state index in [1.165, 1.54) is 0 Å². The second-order valence-electron chi connectivity index (χ2n) is 16.4. The number of nitrogens with two attached hydrogens (primary N) is 2. The fourth-order valence-electron chi connectivity index (χ4n) is 8.17. The van der Waals surface area contributed by atoms with Gasteiger partial charge in [-0.3, -0.25) is 10.6 Å². The van der Waals surface area contributed by atoms with Crippen molar-refractivity contribution < 1.29 is 38.0 Å². The predicted octanol–water partition coefficient (Wildman–Crippen LogP) is 7.99. The van der Waals surface area contributed by atoms with E-state index in [1.54, 1.807) is 36.9 Å². The molecule has 8 N–H and O–H groups in total. The Labute approximate surface area is 393 Å². The summed E-state index contributed by atoms with van der Waals surface area (Å²) in [5.74, 6) is 2.34. The molecule has 4 atom stereocenters. The molecule has 6 aromatic rings. The van der Waals surface area contributed by atoms with Crippen molar-refractivity contribution in [2.45, 2.75) is 39.9 Å². The van der Waals surface area contributed by atoms with Crippen LogP contribution in [0.5, 0.6) is 11.8 Å². The van der Waals surface area contributed by atoms with E-state index in [1.807, 2.05) is 52.0 Å². The van der Waals surface area contributed by atoms with Gasteiger partial charge in [-0.05, 0) is 83.3 Å². The van der Waals surface area contributed by atoms with E-state index in [2.05, 4.69) is 41.2 Å². The van der Waals surface area contributed by atoms with Crippen LogP contribution in [0.1, 0.15) is 25.0 Å². The molecule has 0 bridgehead atoms. The third-order valence-corrected chi connectivity index (χ3v) is 11.8. The van der Waals surface area contributed by atoms with Crippen molar-refractivity contribution in [2.24, 2.45) is 11.8 Å². The van der Waals surface area contributed by atoms with Gasteiger partial charge < -0.3 is 50.5 Å². The van der Waals surface area contributed by atoms with Crippen LogP contribution in [0, 0.1) is 25.7 Å². The van der Waals surface area contributed by atoms with Gasteiger partial charge in [0.2, 0.25) is 11.8 Å². The zero-order chi connectivity index (χ0) is 44.5. The number of carbonyl (C=O) groups excluding carboxylic acids is 2. The van der Waals surface area contributed by atoms with Crippen molar-refractivity contribution in [1.82, 2.24) is 19.9 Å². The van der Waals surface area contributed by atoms with Crippen molar-refractivity contribution in [3.05, 3.63) is 72.3 Å². The molecule has 0 spiro atoms. The first kappa shape index (κ1) is 47.4. The lowest BCUT2D eigenvalue weighted by atomic mass is 9.98. The number of nitrogens with one attached hydrogen (secondary N) is 4. The summed E-state index contributed by atoms with van der Waals surface area (Å²) >= 11 is 0. The van der Waals surface area contributed by atoms with E-state index in [4.69, 9.17) is 39.9 Å². The number of pyridine rings is 4. The van der Waals surface area contributed by atoms with Crippen molar-refractivity contribution in [2.75, 3.05) is 85.5 Å². The number of hydrogen-bond donors (Lipinski definition) is 6. The third-order valence-electron chi connectivity index (χ3n) is 11.8. The van der Waals surface area contributed by atoms with Crippen molar-refractivity contribution in [3.8, 4) is 34.0 Å². The van der Waals surface area contributed by atoms with E-state index in [9.17, 15) is 9.59 Å². The molecule has 10 rings (SSSR count). The van der Waals surface area contributed by atoms with E-state index < -0.39 is 12.2 Å². The van der Waals surface area contributed by atoms with Crippen LogP contribution in [0.15, 0.2) is 61.2 Å². The van der Waals surface area contributed by atoms with Crippen LogP contribution in [0.2, 0.25) is 0 Å². The van der Waals surface area contributed by atoms with Gasteiger partial charge in [0.15, 0.2) is 0 Å². The maximum Gasteiger partial charge on any atom is 0.413 e. The molecule has 4 aliphatic rings. The Morgan fingerprint density at radius 1 is 0.621 bits per heavy atom. The van der Waals surface area contributed by atoms with Crippen LogP contribution in [0.3, 0.4) is 0 Å². The molecule has 348 valence electrons. The summed E-state index contributed by atoms with van der Waals surface area (Å²) in [6.07, 6.45) is 5.28. The Morgan fingerprint density at radius 2 is 1.05 bits per heavy atom. The number of anilines is 6. The third kappa shape index (κ3) is 9.96. The van der Waals surface area contributed by atoms with Crippen molar-refractivity contribution in [3.63, 3.8) is 0 Å². The van der Waals surface area contributed by atoms with Gasteiger partial charge in [0.05, 0.1) is 26.4 Å². The number of fused-ring (bicyclic) bond motifs is 4. The summed E-state index contributed by atoms with van der Waals surface area (Å²) < 4.78 is 32.9. The molecule has 0 aliphatic carbocycles. The second-order valence-corrected chi connectivity index (χ2v) is 16.4. The second kappa shape index (κ2) is 20.3. The maximum atomic E-state index is 12.3. The molecule has 4 aliphatic heterocycles. The summed E-state index contributed by atoms with van der Waals surface area (Å²) in [5.41, 5.74) is 21.5. The van der Waals surface area contributed by atoms with Crippen LogP contribution in [-0.4, -0.2) is 97.1 Å². The lowest BCUT2D eigenvalue weighted by Gasteiger charge is -2.21. The van der Waals surface area contributed by atoms with E-state index in [0.29, 0.717) is 74.4 Å². The summed E-state index contributed by atoms with van der Waals surface area (Å²) in [6.45, 7) is 12.7. The SMILES string of the molecule is Cc1c(-c2cc(N)c3cnc(NC(=O)O[C@@H]4COC[C@H]4C)cc3c2)cnc2c1NCCO2.Cc1c(-c2cc(N)c3cnc(NC(=O)O[C@H]4COC[C@@H]4C)cc3c2)cnc2c1NCCO2.Cl.Cl. The fourth-order valence-corrected chi connectivity index (χ4v) is 8.17. The summed E-state index contributed by atoms with van der Waals surface area (Å²) in [7, 11) is 0. The molecule has 2 aromatic carbocycles. The molecular formula is C46H52Cl2N10O8. The minimum Gasteiger partial charge on any atom is -0.474 e. The number of benzene rings is 2. The number of rotatable bonds is 6. The summed E-state index contributed by atoms with van der Waals surface area (Å²) in [5, 5.41) is 15.4. The largest absolute Gasteiger partial charge is 0.474 e. The Kier molecular flexibility index (Phi) is 14.6. The number of carbonyl (C=O) groups is 2. The highest BCUT2D eigenvalue weighted by molar-refractivity contribution is 6.00. The number of amides is 2. The molecule has 0 unspecified atom stereocenters. The molecule has 4 aromatic heterocycles. The lowest BCUT2D eigenvalue weighted by molar-refractivity contribution is 0.0839. The highest BCUT2D eigenvalue weighted by Gasteiger charge is 2.29. The summed E-state index contributed by atoms with van der Waals surface area (Å²) in [6, 6.07) is 11.4. The van der Waals surface area contributed by atoms with Gasteiger partial charge in [-0.25, -0.2) is 29.5 Å². The minimum absolute atomic E-state index is 0. The summed E-state index contributed by atoms with van der Waals surface area (Å²) in [4.78, 5) is 42.2. The van der Waals surface area contributed by atoms with E-state index in [-0.39, 0.29) is 48.9 Å². The predicted molar refractivity (Wildman–Crippen MR) is 258 cm³/mol. The highest BCUT2D eigenvalue weighted by Crippen LogP contribution is 2.39. The molecule has 8 heterocycles. The Bertz CT molecular complexity index is 2600. The van der Waals surface area contributed by atoms with Gasteiger partial charge in [0.1, 0.15) is 48.4 Å². The van der Waals surface area contributed by atoms with Gasteiger partial charge in [0, 0.05) is 83.0 Å². The number of hydrogen-bond acceptors (Lipinski definition) is 16. The molecule has 0 saturated carbocycles. The molecule has 2 amide bonds. The van der Waals surface area contributed by atoms with Gasteiger partial charge >= 0.3 is 12.2 Å². The molecule has 0 radical (unpaired) electrons. The molecule has 2 saturated heterocycles. The first-order chi connectivity index (χ1) is 31.0. The first-order valence-electron chi connectivity index (χ1n) is 21.2. The van der Waals surface area contributed by atoms with Crippen LogP contribution < -0.4 is 42.2 Å². The van der Waals surface area contributed by atoms with Crippen molar-refractivity contribution in [1.29, 1.82) is 0 Å². The maximum absolute atomic E-state index is 12.3. The first-order valence-corrected chi connectivity index (χ1v) is 21.2. The number of ether oxygens (including phenoxy) is 6. The van der Waals surface area contributed by atoms with Gasteiger partial charge in [0.25, 0.3) is 0 Å². The minimum atomic E-state index is -0.552. The topological polar surface area (TPSA) is 241 Å². The van der Waals surface area contributed by atoms with Gasteiger partial charge in [-0.1, -0.05) is 13.8 Å². The zero-order valence-corrected chi connectivity index (χ0v) is 38.4.